The van der Waals surface area contributed by atoms with Gasteiger partial charge in [-0.05, 0) is 42.0 Å². The van der Waals surface area contributed by atoms with Crippen molar-refractivity contribution in [2.75, 3.05) is 7.11 Å². The number of furan rings is 1. The van der Waals surface area contributed by atoms with Crippen LogP contribution in [0.25, 0.3) is 11.3 Å². The molecule has 0 unspecified atom stereocenters. The summed E-state index contributed by atoms with van der Waals surface area (Å²) in [6.07, 6.45) is 1.63. The van der Waals surface area contributed by atoms with Crippen LogP contribution in [-0.2, 0) is 6.54 Å². The standard InChI is InChI=1S/C18H15FN2O3/c1-23-17-9-2-12(10-20-17)11-21-18(22)16-8-7-15(24-16)13-3-5-14(19)6-4-13/h2-10H,11H2,1H3,(H,21,22). The fraction of sp³-hybridized carbons (Fsp3) is 0.111. The molecule has 0 atom stereocenters. The number of hydrogen-bond acceptors (Lipinski definition) is 4. The summed E-state index contributed by atoms with van der Waals surface area (Å²) in [5.74, 6) is 0.553. The number of ether oxygens (including phenoxy) is 1. The maximum atomic E-state index is 12.9. The molecule has 1 amide bonds. The second-order valence-electron chi connectivity index (χ2n) is 5.06. The van der Waals surface area contributed by atoms with Crippen molar-refractivity contribution in [1.82, 2.24) is 10.3 Å². The minimum atomic E-state index is -0.334. The van der Waals surface area contributed by atoms with Crippen molar-refractivity contribution in [2.24, 2.45) is 0 Å². The summed E-state index contributed by atoms with van der Waals surface area (Å²) in [6.45, 7) is 0.322. The van der Waals surface area contributed by atoms with E-state index in [2.05, 4.69) is 10.3 Å². The highest BCUT2D eigenvalue weighted by Gasteiger charge is 2.12. The van der Waals surface area contributed by atoms with E-state index in [1.54, 1.807) is 43.6 Å². The molecule has 2 aromatic heterocycles. The molecule has 0 aliphatic heterocycles. The Morgan fingerprint density at radius 1 is 1.17 bits per heavy atom. The molecule has 0 saturated carbocycles. The van der Waals surface area contributed by atoms with E-state index < -0.39 is 0 Å². The molecule has 0 aliphatic rings. The van der Waals surface area contributed by atoms with Crippen LogP contribution in [0.1, 0.15) is 16.1 Å². The molecule has 0 saturated heterocycles. The number of methoxy groups -OCH3 is 1. The Kier molecular flexibility index (Phi) is 4.56. The molecule has 0 spiro atoms. The van der Waals surface area contributed by atoms with E-state index in [4.69, 9.17) is 9.15 Å². The van der Waals surface area contributed by atoms with Crippen LogP contribution in [-0.4, -0.2) is 18.0 Å². The maximum Gasteiger partial charge on any atom is 0.287 e. The molecule has 1 N–H and O–H groups in total. The van der Waals surface area contributed by atoms with Gasteiger partial charge < -0.3 is 14.5 Å². The molecule has 0 radical (unpaired) electrons. The van der Waals surface area contributed by atoms with Gasteiger partial charge in [-0.3, -0.25) is 4.79 Å². The van der Waals surface area contributed by atoms with Gasteiger partial charge in [0, 0.05) is 24.4 Å². The van der Waals surface area contributed by atoms with Gasteiger partial charge in [0.05, 0.1) is 7.11 Å². The first-order valence-electron chi connectivity index (χ1n) is 7.28. The fourth-order valence-corrected chi connectivity index (χ4v) is 2.13. The number of benzene rings is 1. The first kappa shape index (κ1) is 15.7. The first-order chi connectivity index (χ1) is 11.7. The highest BCUT2D eigenvalue weighted by atomic mass is 19.1. The summed E-state index contributed by atoms with van der Waals surface area (Å²) < 4.78 is 23.4. The van der Waals surface area contributed by atoms with Gasteiger partial charge in [-0.15, -0.1) is 0 Å². The first-order valence-corrected chi connectivity index (χ1v) is 7.28. The number of carbonyl (C=O) groups is 1. The molecule has 5 nitrogen and oxygen atoms in total. The maximum absolute atomic E-state index is 12.9. The summed E-state index contributed by atoms with van der Waals surface area (Å²) >= 11 is 0. The van der Waals surface area contributed by atoms with E-state index in [0.29, 0.717) is 23.7 Å². The van der Waals surface area contributed by atoms with Crippen molar-refractivity contribution in [3.63, 3.8) is 0 Å². The van der Waals surface area contributed by atoms with E-state index in [-0.39, 0.29) is 17.5 Å². The smallest absolute Gasteiger partial charge is 0.287 e. The Labute approximate surface area is 138 Å². The monoisotopic (exact) mass is 326 g/mol. The number of pyridine rings is 1. The molecule has 122 valence electrons. The topological polar surface area (TPSA) is 64.4 Å². The molecule has 6 heteroatoms. The zero-order valence-corrected chi connectivity index (χ0v) is 13.0. The number of nitrogens with one attached hydrogen (secondary N) is 1. The van der Waals surface area contributed by atoms with E-state index in [1.807, 2.05) is 6.07 Å². The van der Waals surface area contributed by atoms with Gasteiger partial charge in [-0.25, -0.2) is 9.37 Å². The Hall–Kier alpha value is -3.15. The summed E-state index contributed by atoms with van der Waals surface area (Å²) in [5.41, 5.74) is 1.55. The average molecular weight is 326 g/mol. The largest absolute Gasteiger partial charge is 0.481 e. The van der Waals surface area contributed by atoms with Crippen LogP contribution in [0.2, 0.25) is 0 Å². The molecule has 3 aromatic rings. The predicted octanol–water partition coefficient (Wildman–Crippen LogP) is 3.42. The third-order valence-corrected chi connectivity index (χ3v) is 3.42. The van der Waals surface area contributed by atoms with Gasteiger partial charge in [0.25, 0.3) is 5.91 Å². The number of halogens is 1. The number of nitrogens with zero attached hydrogens (tertiary/aromatic N) is 1. The van der Waals surface area contributed by atoms with Crippen molar-refractivity contribution < 1.29 is 18.3 Å². The molecule has 0 aliphatic carbocycles. The van der Waals surface area contributed by atoms with E-state index in [1.165, 1.54) is 12.1 Å². The van der Waals surface area contributed by atoms with Crippen LogP contribution in [0.4, 0.5) is 4.39 Å². The Bertz CT molecular complexity index is 826. The third kappa shape index (κ3) is 3.60. The summed E-state index contributed by atoms with van der Waals surface area (Å²) in [6, 6.07) is 12.7. The van der Waals surface area contributed by atoms with E-state index >= 15 is 0 Å². The lowest BCUT2D eigenvalue weighted by molar-refractivity contribution is 0.0924. The lowest BCUT2D eigenvalue weighted by Gasteiger charge is -2.04. The molecule has 1 aromatic carbocycles. The van der Waals surface area contributed by atoms with Crippen LogP contribution in [0.5, 0.6) is 5.88 Å². The Balaban J connectivity index is 1.64. The Morgan fingerprint density at radius 3 is 2.62 bits per heavy atom. The molecule has 2 heterocycles. The summed E-state index contributed by atoms with van der Waals surface area (Å²) in [7, 11) is 1.54. The van der Waals surface area contributed by atoms with Gasteiger partial charge >= 0.3 is 0 Å². The van der Waals surface area contributed by atoms with Crippen LogP contribution >= 0.6 is 0 Å². The van der Waals surface area contributed by atoms with Gasteiger partial charge in [-0.1, -0.05) is 6.07 Å². The van der Waals surface area contributed by atoms with Crippen molar-refractivity contribution in [1.29, 1.82) is 0 Å². The lowest BCUT2D eigenvalue weighted by Crippen LogP contribution is -2.22. The SMILES string of the molecule is COc1ccc(CNC(=O)c2ccc(-c3ccc(F)cc3)o2)cn1. The number of hydrogen-bond donors (Lipinski definition) is 1. The van der Waals surface area contributed by atoms with Gasteiger partial charge in [-0.2, -0.15) is 0 Å². The molecule has 24 heavy (non-hydrogen) atoms. The predicted molar refractivity (Wildman–Crippen MR) is 86.1 cm³/mol. The quantitative estimate of drug-likeness (QED) is 0.780. The third-order valence-electron chi connectivity index (χ3n) is 3.42. The second kappa shape index (κ2) is 6.95. The minimum absolute atomic E-state index is 0.191. The molecule has 0 bridgehead atoms. The van der Waals surface area contributed by atoms with Crippen LogP contribution < -0.4 is 10.1 Å². The summed E-state index contributed by atoms with van der Waals surface area (Å²) in [5, 5.41) is 2.75. The zero-order valence-electron chi connectivity index (χ0n) is 13.0. The molecular weight excluding hydrogens is 311 g/mol. The molecule has 3 rings (SSSR count). The highest BCUT2D eigenvalue weighted by Crippen LogP contribution is 2.22. The number of aromatic nitrogens is 1. The second-order valence-corrected chi connectivity index (χ2v) is 5.06. The normalized spacial score (nSPS) is 10.4. The number of carbonyl (C=O) groups excluding carboxylic acids is 1. The van der Waals surface area contributed by atoms with Crippen molar-refractivity contribution in [2.45, 2.75) is 6.54 Å². The van der Waals surface area contributed by atoms with Crippen LogP contribution in [0, 0.1) is 5.82 Å². The Morgan fingerprint density at radius 2 is 1.96 bits per heavy atom. The molecular formula is C18H15FN2O3. The lowest BCUT2D eigenvalue weighted by atomic mass is 10.2. The van der Waals surface area contributed by atoms with Crippen LogP contribution in [0.15, 0.2) is 59.1 Å². The number of amides is 1. The van der Waals surface area contributed by atoms with Crippen molar-refractivity contribution in [3.8, 4) is 17.2 Å². The minimum Gasteiger partial charge on any atom is -0.481 e. The van der Waals surface area contributed by atoms with Crippen LogP contribution in [0.3, 0.4) is 0 Å². The van der Waals surface area contributed by atoms with Crippen molar-refractivity contribution in [3.05, 3.63) is 71.9 Å². The summed E-state index contributed by atoms with van der Waals surface area (Å²) in [4.78, 5) is 16.2. The fourth-order valence-electron chi connectivity index (χ4n) is 2.13. The van der Waals surface area contributed by atoms with Gasteiger partial charge in [0.15, 0.2) is 5.76 Å². The number of rotatable bonds is 5. The van der Waals surface area contributed by atoms with Gasteiger partial charge in [0.2, 0.25) is 5.88 Å². The van der Waals surface area contributed by atoms with Gasteiger partial charge in [0.1, 0.15) is 11.6 Å². The molecule has 0 fully saturated rings. The zero-order chi connectivity index (χ0) is 16.9. The van der Waals surface area contributed by atoms with E-state index in [0.717, 1.165) is 5.56 Å². The average Bonchev–Trinajstić information content (AvgIpc) is 3.11. The van der Waals surface area contributed by atoms with E-state index in [9.17, 15) is 9.18 Å². The van der Waals surface area contributed by atoms with Crippen molar-refractivity contribution >= 4 is 5.91 Å². The highest BCUT2D eigenvalue weighted by molar-refractivity contribution is 5.92.